The molecule has 1 aromatic heterocycles. The van der Waals surface area contributed by atoms with Crippen LogP contribution in [0.2, 0.25) is 0 Å². The largest absolute Gasteiger partial charge is 0.331 e. The SMILES string of the molecule is Cc1ccc(C)c(NC(=S)NNc2nc(C)cs2)c1. The fourth-order valence-corrected chi connectivity index (χ4v) is 2.35. The van der Waals surface area contributed by atoms with Crippen molar-refractivity contribution in [1.29, 1.82) is 0 Å². The second kappa shape index (κ2) is 5.99. The highest BCUT2D eigenvalue weighted by Crippen LogP contribution is 2.16. The van der Waals surface area contributed by atoms with Crippen LogP contribution < -0.4 is 16.2 Å². The minimum Gasteiger partial charge on any atom is -0.331 e. The first-order chi connectivity index (χ1) is 9.04. The van der Waals surface area contributed by atoms with E-state index in [1.54, 1.807) is 0 Å². The summed E-state index contributed by atoms with van der Waals surface area (Å²) in [6, 6.07) is 6.21. The number of aromatic nitrogens is 1. The van der Waals surface area contributed by atoms with Crippen LogP contribution in [0.15, 0.2) is 23.6 Å². The van der Waals surface area contributed by atoms with Crippen molar-refractivity contribution in [2.45, 2.75) is 20.8 Å². The van der Waals surface area contributed by atoms with Gasteiger partial charge in [0.25, 0.3) is 0 Å². The third-order valence-corrected chi connectivity index (χ3v) is 3.62. The molecule has 0 atom stereocenters. The first kappa shape index (κ1) is 13.8. The van der Waals surface area contributed by atoms with Crippen molar-refractivity contribution in [3.8, 4) is 0 Å². The molecule has 0 bridgehead atoms. The summed E-state index contributed by atoms with van der Waals surface area (Å²) in [5, 5.41) is 6.45. The van der Waals surface area contributed by atoms with Crippen molar-refractivity contribution < 1.29 is 0 Å². The van der Waals surface area contributed by atoms with Gasteiger partial charge in [0.05, 0.1) is 5.69 Å². The molecule has 0 saturated carbocycles. The highest BCUT2D eigenvalue weighted by atomic mass is 32.1. The maximum atomic E-state index is 5.24. The van der Waals surface area contributed by atoms with E-state index in [2.05, 4.69) is 46.3 Å². The van der Waals surface area contributed by atoms with Crippen molar-refractivity contribution in [2.75, 3.05) is 10.7 Å². The molecule has 4 nitrogen and oxygen atoms in total. The fraction of sp³-hybridized carbons (Fsp3) is 0.231. The minimum absolute atomic E-state index is 0.515. The number of benzene rings is 1. The molecule has 0 saturated heterocycles. The van der Waals surface area contributed by atoms with Gasteiger partial charge in [-0.25, -0.2) is 4.98 Å². The molecule has 0 fully saturated rings. The number of thiazole rings is 1. The highest BCUT2D eigenvalue weighted by molar-refractivity contribution is 7.80. The van der Waals surface area contributed by atoms with Crippen LogP contribution in [0.4, 0.5) is 10.8 Å². The van der Waals surface area contributed by atoms with Crippen molar-refractivity contribution >= 4 is 39.5 Å². The Labute approximate surface area is 122 Å². The van der Waals surface area contributed by atoms with E-state index < -0.39 is 0 Å². The van der Waals surface area contributed by atoms with Crippen LogP contribution in [0.1, 0.15) is 16.8 Å². The maximum absolute atomic E-state index is 5.24. The Bertz CT molecular complexity index is 592. The van der Waals surface area contributed by atoms with Crippen LogP contribution in [-0.2, 0) is 0 Å². The third-order valence-electron chi connectivity index (χ3n) is 2.54. The Morgan fingerprint density at radius 2 is 2.05 bits per heavy atom. The second-order valence-corrected chi connectivity index (χ2v) is 5.58. The average Bonchev–Trinajstić information content (AvgIpc) is 2.77. The van der Waals surface area contributed by atoms with Crippen LogP contribution in [0, 0.1) is 20.8 Å². The topological polar surface area (TPSA) is 49.0 Å². The first-order valence-corrected chi connectivity index (χ1v) is 7.16. The zero-order valence-corrected chi connectivity index (χ0v) is 12.7. The summed E-state index contributed by atoms with van der Waals surface area (Å²) in [7, 11) is 0. The van der Waals surface area contributed by atoms with Gasteiger partial charge in [0.15, 0.2) is 5.11 Å². The quantitative estimate of drug-likeness (QED) is 0.598. The lowest BCUT2D eigenvalue weighted by Crippen LogP contribution is -2.33. The molecule has 2 rings (SSSR count). The van der Waals surface area contributed by atoms with E-state index in [1.807, 2.05) is 19.2 Å². The van der Waals surface area contributed by atoms with Crippen LogP contribution in [0.5, 0.6) is 0 Å². The lowest BCUT2D eigenvalue weighted by Gasteiger charge is -2.13. The summed E-state index contributed by atoms with van der Waals surface area (Å²) in [5.41, 5.74) is 10.2. The molecule has 100 valence electrons. The number of hydrogen-bond acceptors (Lipinski definition) is 4. The van der Waals surface area contributed by atoms with E-state index in [0.717, 1.165) is 22.1 Å². The summed E-state index contributed by atoms with van der Waals surface area (Å²) in [5.74, 6) is 0. The molecule has 0 spiro atoms. The maximum Gasteiger partial charge on any atom is 0.201 e. The average molecular weight is 292 g/mol. The molecule has 2 aromatic rings. The number of hydrogen-bond donors (Lipinski definition) is 3. The zero-order valence-electron chi connectivity index (χ0n) is 11.1. The van der Waals surface area contributed by atoms with Gasteiger partial charge in [-0.15, -0.1) is 11.3 Å². The third kappa shape index (κ3) is 3.90. The summed E-state index contributed by atoms with van der Waals surface area (Å²) < 4.78 is 0. The summed E-state index contributed by atoms with van der Waals surface area (Å²) in [6.45, 7) is 6.05. The Hall–Kier alpha value is -1.66. The normalized spacial score (nSPS) is 10.1. The number of anilines is 2. The van der Waals surface area contributed by atoms with E-state index in [0.29, 0.717) is 5.11 Å². The highest BCUT2D eigenvalue weighted by Gasteiger charge is 2.02. The molecule has 0 aliphatic heterocycles. The number of rotatable bonds is 3. The number of nitrogens with zero attached hydrogens (tertiary/aromatic N) is 1. The van der Waals surface area contributed by atoms with Gasteiger partial charge in [0.1, 0.15) is 0 Å². The molecule has 0 amide bonds. The van der Waals surface area contributed by atoms with Crippen molar-refractivity contribution in [3.05, 3.63) is 40.4 Å². The van der Waals surface area contributed by atoms with E-state index >= 15 is 0 Å². The second-order valence-electron chi connectivity index (χ2n) is 4.32. The van der Waals surface area contributed by atoms with Gasteiger partial charge in [-0.1, -0.05) is 12.1 Å². The first-order valence-electron chi connectivity index (χ1n) is 5.87. The molecule has 1 aromatic carbocycles. The molecule has 0 aliphatic carbocycles. The smallest absolute Gasteiger partial charge is 0.201 e. The number of hydrazine groups is 1. The van der Waals surface area contributed by atoms with Gasteiger partial charge < -0.3 is 5.32 Å². The summed E-state index contributed by atoms with van der Waals surface area (Å²) >= 11 is 6.77. The van der Waals surface area contributed by atoms with Crippen molar-refractivity contribution in [2.24, 2.45) is 0 Å². The molecule has 1 heterocycles. The molecule has 0 aliphatic rings. The summed E-state index contributed by atoms with van der Waals surface area (Å²) in [6.07, 6.45) is 0. The monoisotopic (exact) mass is 292 g/mol. The number of thiocarbonyl (C=S) groups is 1. The van der Waals surface area contributed by atoms with Gasteiger partial charge in [-0.05, 0) is 50.2 Å². The lowest BCUT2D eigenvalue weighted by molar-refractivity contribution is 1.11. The van der Waals surface area contributed by atoms with Gasteiger partial charge >= 0.3 is 0 Å². The van der Waals surface area contributed by atoms with Gasteiger partial charge in [0.2, 0.25) is 5.13 Å². The Balaban J connectivity index is 1.92. The summed E-state index contributed by atoms with van der Waals surface area (Å²) in [4.78, 5) is 4.28. The van der Waals surface area contributed by atoms with Crippen LogP contribution in [0.25, 0.3) is 0 Å². The molecule has 0 unspecified atom stereocenters. The van der Waals surface area contributed by atoms with Gasteiger partial charge in [0, 0.05) is 11.1 Å². The minimum atomic E-state index is 0.515. The van der Waals surface area contributed by atoms with Crippen molar-refractivity contribution in [1.82, 2.24) is 10.4 Å². The van der Waals surface area contributed by atoms with Gasteiger partial charge in [-0.3, -0.25) is 10.9 Å². The predicted octanol–water partition coefficient (Wildman–Crippen LogP) is 3.38. The van der Waals surface area contributed by atoms with E-state index in [1.165, 1.54) is 16.9 Å². The van der Waals surface area contributed by atoms with E-state index in [-0.39, 0.29) is 0 Å². The van der Waals surface area contributed by atoms with Crippen LogP contribution in [0.3, 0.4) is 0 Å². The molecule has 6 heteroatoms. The van der Waals surface area contributed by atoms with E-state index in [9.17, 15) is 0 Å². The predicted molar refractivity (Wildman–Crippen MR) is 85.7 cm³/mol. The Morgan fingerprint density at radius 1 is 1.26 bits per heavy atom. The Morgan fingerprint density at radius 3 is 2.74 bits per heavy atom. The van der Waals surface area contributed by atoms with Crippen molar-refractivity contribution in [3.63, 3.8) is 0 Å². The molecule has 0 radical (unpaired) electrons. The van der Waals surface area contributed by atoms with E-state index in [4.69, 9.17) is 12.2 Å². The van der Waals surface area contributed by atoms with Crippen LogP contribution in [-0.4, -0.2) is 10.1 Å². The standard InChI is InChI=1S/C13H16N4S2/c1-8-4-5-9(2)11(6-8)15-12(18)16-17-13-14-10(3)7-19-13/h4-7H,1-3H3,(H,14,17)(H2,15,16,18). The molecular weight excluding hydrogens is 276 g/mol. The Kier molecular flexibility index (Phi) is 4.34. The zero-order chi connectivity index (χ0) is 13.8. The molecule has 3 N–H and O–H groups in total. The molecular formula is C13H16N4S2. The van der Waals surface area contributed by atoms with Crippen LogP contribution >= 0.6 is 23.6 Å². The fourth-order valence-electron chi connectivity index (χ4n) is 1.55. The van der Waals surface area contributed by atoms with Gasteiger partial charge in [-0.2, -0.15) is 0 Å². The molecule has 19 heavy (non-hydrogen) atoms. The lowest BCUT2D eigenvalue weighted by atomic mass is 10.1. The number of nitrogens with one attached hydrogen (secondary N) is 3. The number of aryl methyl sites for hydroxylation is 3.